The maximum atomic E-state index is 11.7. The number of benzene rings is 1. The smallest absolute Gasteiger partial charge is 0.276 e. The molecule has 2 N–H and O–H groups in total. The summed E-state index contributed by atoms with van der Waals surface area (Å²) in [4.78, 5) is 23.3. The molecule has 1 aliphatic carbocycles. The summed E-state index contributed by atoms with van der Waals surface area (Å²) in [6, 6.07) is 5.77. The monoisotopic (exact) mass is 302 g/mol. The van der Waals surface area contributed by atoms with Crippen LogP contribution in [0.1, 0.15) is 30.4 Å². The molecule has 5 nitrogen and oxygen atoms in total. The molecule has 2 rings (SSSR count). The summed E-state index contributed by atoms with van der Waals surface area (Å²) >= 11 is 0. The normalized spacial score (nSPS) is 16.4. The van der Waals surface area contributed by atoms with Crippen LogP contribution in [-0.2, 0) is 9.59 Å². The van der Waals surface area contributed by atoms with Crippen LogP contribution < -0.4 is 15.6 Å². The van der Waals surface area contributed by atoms with Gasteiger partial charge in [0.05, 0.1) is 0 Å². The fourth-order valence-corrected chi connectivity index (χ4v) is 2.50. The second-order valence-corrected chi connectivity index (χ2v) is 5.68. The Morgan fingerprint density at radius 1 is 1.14 bits per heavy atom. The second kappa shape index (κ2) is 7.64. The predicted molar refractivity (Wildman–Crippen MR) is 84.2 cm³/mol. The summed E-state index contributed by atoms with van der Waals surface area (Å²) < 4.78 is 5.42. The highest BCUT2D eigenvalue weighted by Crippen LogP contribution is 2.19. The Balaban J connectivity index is 1.69. The van der Waals surface area contributed by atoms with Gasteiger partial charge in [-0.2, -0.15) is 0 Å². The summed E-state index contributed by atoms with van der Waals surface area (Å²) in [6.07, 6.45) is 6.54. The van der Waals surface area contributed by atoms with Gasteiger partial charge >= 0.3 is 0 Å². The van der Waals surface area contributed by atoms with E-state index in [4.69, 9.17) is 4.74 Å². The second-order valence-electron chi connectivity index (χ2n) is 5.68. The molecule has 0 saturated heterocycles. The summed E-state index contributed by atoms with van der Waals surface area (Å²) in [5.74, 6) is 0.365. The predicted octanol–water partition coefficient (Wildman–Crippen LogP) is 2.19. The lowest BCUT2D eigenvalue weighted by atomic mass is 10.1. The molecular formula is C17H22N2O3. The Bertz CT molecular complexity index is 561. The van der Waals surface area contributed by atoms with Crippen molar-refractivity contribution in [1.29, 1.82) is 0 Å². The van der Waals surface area contributed by atoms with Gasteiger partial charge in [-0.3, -0.25) is 20.4 Å². The van der Waals surface area contributed by atoms with Crippen molar-refractivity contribution < 1.29 is 14.3 Å². The van der Waals surface area contributed by atoms with Crippen molar-refractivity contribution in [2.75, 3.05) is 6.61 Å². The maximum absolute atomic E-state index is 11.7. The van der Waals surface area contributed by atoms with E-state index >= 15 is 0 Å². The van der Waals surface area contributed by atoms with E-state index < -0.39 is 0 Å². The van der Waals surface area contributed by atoms with E-state index in [9.17, 15) is 9.59 Å². The molecular weight excluding hydrogens is 280 g/mol. The van der Waals surface area contributed by atoms with Crippen molar-refractivity contribution in [3.05, 3.63) is 41.5 Å². The van der Waals surface area contributed by atoms with Gasteiger partial charge in [-0.1, -0.05) is 18.2 Å². The standard InChI is InChI=1S/C17H22N2O3/c1-12-7-13(2)9-15(8-12)22-11-17(21)19-18-16(20)10-14-5-3-4-6-14/h3,5,7-9,14H,4,6,10-11H2,1-2H3,(H,18,20)(H,19,21). The molecule has 0 radical (unpaired) electrons. The number of rotatable bonds is 5. The quantitative estimate of drug-likeness (QED) is 0.647. The topological polar surface area (TPSA) is 67.4 Å². The van der Waals surface area contributed by atoms with Crippen LogP contribution in [-0.4, -0.2) is 18.4 Å². The molecule has 1 aromatic carbocycles. The third-order valence-electron chi connectivity index (χ3n) is 3.47. The first-order valence-electron chi connectivity index (χ1n) is 7.48. The Hall–Kier alpha value is -2.30. The van der Waals surface area contributed by atoms with Crippen LogP contribution >= 0.6 is 0 Å². The van der Waals surface area contributed by atoms with E-state index in [1.807, 2.05) is 38.1 Å². The molecule has 1 aliphatic rings. The molecule has 22 heavy (non-hydrogen) atoms. The number of hydrazine groups is 1. The lowest BCUT2D eigenvalue weighted by Gasteiger charge is -2.11. The molecule has 0 spiro atoms. The largest absolute Gasteiger partial charge is 0.484 e. The Morgan fingerprint density at radius 2 is 1.82 bits per heavy atom. The van der Waals surface area contributed by atoms with Crippen LogP contribution in [0, 0.1) is 19.8 Å². The van der Waals surface area contributed by atoms with E-state index in [1.165, 1.54) is 0 Å². The molecule has 0 fully saturated rings. The average molecular weight is 302 g/mol. The highest BCUT2D eigenvalue weighted by Gasteiger charge is 2.14. The number of carbonyl (C=O) groups excluding carboxylic acids is 2. The minimum Gasteiger partial charge on any atom is -0.484 e. The van der Waals surface area contributed by atoms with Gasteiger partial charge in [0.1, 0.15) is 5.75 Å². The number of amides is 2. The van der Waals surface area contributed by atoms with Crippen molar-refractivity contribution >= 4 is 11.8 Å². The molecule has 0 bridgehead atoms. The van der Waals surface area contributed by atoms with Crippen LogP contribution in [0.5, 0.6) is 5.75 Å². The van der Waals surface area contributed by atoms with Gasteiger partial charge in [-0.25, -0.2) is 0 Å². The molecule has 0 aliphatic heterocycles. The molecule has 0 aromatic heterocycles. The van der Waals surface area contributed by atoms with Crippen molar-refractivity contribution in [2.24, 2.45) is 5.92 Å². The summed E-state index contributed by atoms with van der Waals surface area (Å²) in [7, 11) is 0. The third kappa shape index (κ3) is 5.24. The Labute approximate surface area is 130 Å². The maximum Gasteiger partial charge on any atom is 0.276 e. The molecule has 1 atom stereocenters. The number of hydrogen-bond acceptors (Lipinski definition) is 3. The minimum atomic E-state index is -0.380. The zero-order chi connectivity index (χ0) is 15.9. The van der Waals surface area contributed by atoms with E-state index in [0.717, 1.165) is 24.0 Å². The van der Waals surface area contributed by atoms with Gasteiger partial charge in [0.2, 0.25) is 5.91 Å². The highest BCUT2D eigenvalue weighted by atomic mass is 16.5. The van der Waals surface area contributed by atoms with Crippen LogP contribution in [0.3, 0.4) is 0 Å². The molecule has 2 amide bonds. The van der Waals surface area contributed by atoms with Gasteiger partial charge in [-0.05, 0) is 55.9 Å². The third-order valence-corrected chi connectivity index (χ3v) is 3.47. The van der Waals surface area contributed by atoms with E-state index in [-0.39, 0.29) is 24.3 Å². The first kappa shape index (κ1) is 16.1. The number of nitrogens with one attached hydrogen (secondary N) is 2. The lowest BCUT2D eigenvalue weighted by molar-refractivity contribution is -0.130. The number of allylic oxidation sites excluding steroid dienone is 2. The van der Waals surface area contributed by atoms with Gasteiger partial charge in [-0.15, -0.1) is 0 Å². The first-order valence-corrected chi connectivity index (χ1v) is 7.48. The Morgan fingerprint density at radius 3 is 2.45 bits per heavy atom. The van der Waals surface area contributed by atoms with Crippen molar-refractivity contribution in [1.82, 2.24) is 10.9 Å². The zero-order valence-corrected chi connectivity index (χ0v) is 13.0. The van der Waals surface area contributed by atoms with Crippen molar-refractivity contribution in [3.63, 3.8) is 0 Å². The first-order chi connectivity index (χ1) is 10.5. The molecule has 1 unspecified atom stereocenters. The van der Waals surface area contributed by atoms with Gasteiger partial charge in [0.25, 0.3) is 5.91 Å². The number of ether oxygens (including phenoxy) is 1. The van der Waals surface area contributed by atoms with Crippen molar-refractivity contribution in [3.8, 4) is 5.75 Å². The summed E-state index contributed by atoms with van der Waals surface area (Å²) in [5.41, 5.74) is 6.94. The summed E-state index contributed by atoms with van der Waals surface area (Å²) in [6.45, 7) is 3.81. The lowest BCUT2D eigenvalue weighted by Crippen LogP contribution is -2.44. The zero-order valence-electron chi connectivity index (χ0n) is 13.0. The van der Waals surface area contributed by atoms with Crippen LogP contribution in [0.4, 0.5) is 0 Å². The number of aryl methyl sites for hydroxylation is 2. The van der Waals surface area contributed by atoms with Crippen molar-refractivity contribution in [2.45, 2.75) is 33.1 Å². The molecule has 5 heteroatoms. The SMILES string of the molecule is Cc1cc(C)cc(OCC(=O)NNC(=O)CC2C=CCC2)c1. The Kier molecular flexibility index (Phi) is 5.58. The summed E-state index contributed by atoms with van der Waals surface area (Å²) in [5, 5.41) is 0. The molecule has 0 saturated carbocycles. The van der Waals surface area contributed by atoms with E-state index in [2.05, 4.69) is 16.9 Å². The minimum absolute atomic E-state index is 0.132. The fraction of sp³-hybridized carbons (Fsp3) is 0.412. The van der Waals surface area contributed by atoms with Gasteiger partial charge < -0.3 is 4.74 Å². The van der Waals surface area contributed by atoms with Gasteiger partial charge in [0, 0.05) is 6.42 Å². The number of hydrogen-bond donors (Lipinski definition) is 2. The molecule has 118 valence electrons. The van der Waals surface area contributed by atoms with Crippen LogP contribution in [0.15, 0.2) is 30.4 Å². The molecule has 1 aromatic rings. The molecule has 0 heterocycles. The van der Waals surface area contributed by atoms with Crippen LogP contribution in [0.2, 0.25) is 0 Å². The average Bonchev–Trinajstić information content (AvgIpc) is 2.95. The van der Waals surface area contributed by atoms with E-state index in [0.29, 0.717) is 12.2 Å². The highest BCUT2D eigenvalue weighted by molar-refractivity contribution is 5.82. The van der Waals surface area contributed by atoms with Gasteiger partial charge in [0.15, 0.2) is 6.61 Å². The van der Waals surface area contributed by atoms with Crippen LogP contribution in [0.25, 0.3) is 0 Å². The fourth-order valence-electron chi connectivity index (χ4n) is 2.50. The number of carbonyl (C=O) groups is 2. The van der Waals surface area contributed by atoms with E-state index in [1.54, 1.807) is 0 Å².